The Balaban J connectivity index is 1.93. The lowest BCUT2D eigenvalue weighted by molar-refractivity contribution is -0.138. The third-order valence-electron chi connectivity index (χ3n) is 3.56. The van der Waals surface area contributed by atoms with Crippen molar-refractivity contribution < 1.29 is 9.90 Å². The number of carbonyl (C=O) groups is 1. The minimum Gasteiger partial charge on any atom is -0.481 e. The summed E-state index contributed by atoms with van der Waals surface area (Å²) in [7, 11) is 0. The summed E-state index contributed by atoms with van der Waals surface area (Å²) in [6, 6.07) is 4.02. The van der Waals surface area contributed by atoms with Gasteiger partial charge in [0.25, 0.3) is 0 Å². The molecule has 1 aliphatic heterocycles. The Morgan fingerprint density at radius 3 is 3.17 bits per heavy atom. The topological polar surface area (TPSA) is 53.4 Å². The number of carboxylic acid groups (broad SMARTS) is 1. The van der Waals surface area contributed by atoms with E-state index in [2.05, 4.69) is 22.9 Å². The van der Waals surface area contributed by atoms with Crippen molar-refractivity contribution in [3.8, 4) is 0 Å². The largest absolute Gasteiger partial charge is 0.481 e. The summed E-state index contributed by atoms with van der Waals surface area (Å²) < 4.78 is 0. The molecule has 2 heterocycles. The Hall–Kier alpha value is -1.42. The molecule has 0 amide bonds. The maximum absolute atomic E-state index is 10.8. The normalized spacial score (nSPS) is 20.8. The summed E-state index contributed by atoms with van der Waals surface area (Å²) in [4.78, 5) is 17.5. The predicted octanol–water partition coefficient (Wildman–Crippen LogP) is 2.08. The van der Waals surface area contributed by atoms with Crippen LogP contribution >= 0.6 is 0 Å². The van der Waals surface area contributed by atoms with Gasteiger partial charge in [0.2, 0.25) is 0 Å². The predicted molar refractivity (Wildman–Crippen MR) is 69.2 cm³/mol. The summed E-state index contributed by atoms with van der Waals surface area (Å²) in [5.41, 5.74) is 2.31. The zero-order valence-corrected chi connectivity index (χ0v) is 10.8. The molecule has 0 aromatic carbocycles. The maximum Gasteiger partial charge on any atom is 0.303 e. The molecule has 1 atom stereocenters. The zero-order valence-electron chi connectivity index (χ0n) is 10.8. The minimum absolute atomic E-state index is 0.289. The standard InChI is InChI=1S/C14H20N2O2/c1-11-4-2-6-15-13(11)10-16-7-3-5-12(9-16)8-14(17)18/h2,4,6,12H,3,5,7-10H2,1H3,(H,17,18). The summed E-state index contributed by atoms with van der Waals surface area (Å²) in [5.74, 6) is -0.392. The van der Waals surface area contributed by atoms with E-state index in [0.717, 1.165) is 38.2 Å². The number of carboxylic acids is 1. The molecule has 2 rings (SSSR count). The Kier molecular flexibility index (Phi) is 4.31. The van der Waals surface area contributed by atoms with E-state index < -0.39 is 5.97 Å². The molecule has 1 aromatic heterocycles. The zero-order chi connectivity index (χ0) is 13.0. The van der Waals surface area contributed by atoms with Gasteiger partial charge < -0.3 is 5.11 Å². The molecule has 0 radical (unpaired) electrons. The Morgan fingerprint density at radius 1 is 1.61 bits per heavy atom. The van der Waals surface area contributed by atoms with Crippen LogP contribution in [0.3, 0.4) is 0 Å². The highest BCUT2D eigenvalue weighted by molar-refractivity contribution is 5.67. The summed E-state index contributed by atoms with van der Waals surface area (Å²) >= 11 is 0. The molecule has 0 saturated carbocycles. The van der Waals surface area contributed by atoms with Crippen molar-refractivity contribution in [2.24, 2.45) is 5.92 Å². The third-order valence-corrected chi connectivity index (χ3v) is 3.56. The van der Waals surface area contributed by atoms with Gasteiger partial charge in [0.1, 0.15) is 0 Å². The lowest BCUT2D eigenvalue weighted by atomic mass is 9.94. The first-order valence-electron chi connectivity index (χ1n) is 6.50. The van der Waals surface area contributed by atoms with E-state index in [1.165, 1.54) is 5.56 Å². The highest BCUT2D eigenvalue weighted by Gasteiger charge is 2.22. The van der Waals surface area contributed by atoms with E-state index >= 15 is 0 Å². The van der Waals surface area contributed by atoms with E-state index in [1.807, 2.05) is 12.3 Å². The Labute approximate surface area is 108 Å². The molecular weight excluding hydrogens is 228 g/mol. The van der Waals surface area contributed by atoms with Crippen molar-refractivity contribution in [2.45, 2.75) is 32.7 Å². The van der Waals surface area contributed by atoms with Gasteiger partial charge in [-0.2, -0.15) is 0 Å². The van der Waals surface area contributed by atoms with E-state index in [9.17, 15) is 4.79 Å². The number of aromatic nitrogens is 1. The average molecular weight is 248 g/mol. The Morgan fingerprint density at radius 2 is 2.44 bits per heavy atom. The van der Waals surface area contributed by atoms with Gasteiger partial charge in [0.05, 0.1) is 5.69 Å². The number of aryl methyl sites for hydroxylation is 1. The van der Waals surface area contributed by atoms with Crippen molar-refractivity contribution in [3.05, 3.63) is 29.6 Å². The number of hydrogen-bond acceptors (Lipinski definition) is 3. The minimum atomic E-state index is -0.684. The monoisotopic (exact) mass is 248 g/mol. The first-order chi connectivity index (χ1) is 8.65. The van der Waals surface area contributed by atoms with Gasteiger partial charge in [-0.05, 0) is 43.9 Å². The lowest BCUT2D eigenvalue weighted by Crippen LogP contribution is -2.36. The van der Waals surface area contributed by atoms with Gasteiger partial charge in [-0.1, -0.05) is 6.07 Å². The fourth-order valence-corrected chi connectivity index (χ4v) is 2.60. The molecule has 1 fully saturated rings. The van der Waals surface area contributed by atoms with Crippen LogP contribution in [0.15, 0.2) is 18.3 Å². The molecular formula is C14H20N2O2. The fourth-order valence-electron chi connectivity index (χ4n) is 2.60. The molecule has 0 aliphatic carbocycles. The second kappa shape index (κ2) is 5.96. The number of aliphatic carboxylic acids is 1. The number of piperidine rings is 1. The molecule has 1 aliphatic rings. The second-order valence-electron chi connectivity index (χ2n) is 5.11. The molecule has 98 valence electrons. The van der Waals surface area contributed by atoms with Crippen molar-refractivity contribution in [1.82, 2.24) is 9.88 Å². The molecule has 18 heavy (non-hydrogen) atoms. The first-order valence-corrected chi connectivity index (χ1v) is 6.50. The van der Waals surface area contributed by atoms with Gasteiger partial charge in [-0.3, -0.25) is 14.7 Å². The summed E-state index contributed by atoms with van der Waals surface area (Å²) in [6.07, 6.45) is 4.23. The van der Waals surface area contributed by atoms with E-state index in [-0.39, 0.29) is 6.42 Å². The van der Waals surface area contributed by atoms with Gasteiger partial charge in [-0.15, -0.1) is 0 Å². The van der Waals surface area contributed by atoms with Crippen LogP contribution in [0.25, 0.3) is 0 Å². The van der Waals surface area contributed by atoms with Gasteiger partial charge >= 0.3 is 5.97 Å². The molecule has 1 saturated heterocycles. The average Bonchev–Trinajstić information content (AvgIpc) is 2.32. The number of pyridine rings is 1. The number of hydrogen-bond donors (Lipinski definition) is 1. The van der Waals surface area contributed by atoms with Gasteiger partial charge in [-0.25, -0.2) is 0 Å². The van der Waals surface area contributed by atoms with Crippen molar-refractivity contribution in [3.63, 3.8) is 0 Å². The van der Waals surface area contributed by atoms with E-state index in [1.54, 1.807) is 0 Å². The molecule has 1 aromatic rings. The third kappa shape index (κ3) is 3.53. The van der Waals surface area contributed by atoms with Crippen molar-refractivity contribution >= 4 is 5.97 Å². The molecule has 0 bridgehead atoms. The quantitative estimate of drug-likeness (QED) is 0.886. The molecule has 0 spiro atoms. The van der Waals surface area contributed by atoms with Gasteiger partial charge in [0, 0.05) is 25.7 Å². The van der Waals surface area contributed by atoms with E-state index in [0.29, 0.717) is 5.92 Å². The SMILES string of the molecule is Cc1cccnc1CN1CCCC(CC(=O)O)C1. The summed E-state index contributed by atoms with van der Waals surface area (Å²) in [5, 5.41) is 8.85. The maximum atomic E-state index is 10.8. The number of likely N-dealkylation sites (tertiary alicyclic amines) is 1. The van der Waals surface area contributed by atoms with E-state index in [4.69, 9.17) is 5.11 Å². The van der Waals surface area contributed by atoms with Crippen LogP contribution in [0, 0.1) is 12.8 Å². The highest BCUT2D eigenvalue weighted by atomic mass is 16.4. The highest BCUT2D eigenvalue weighted by Crippen LogP contribution is 2.21. The van der Waals surface area contributed by atoms with Crippen LogP contribution in [0.5, 0.6) is 0 Å². The molecule has 1 N–H and O–H groups in total. The van der Waals surface area contributed by atoms with Gasteiger partial charge in [0.15, 0.2) is 0 Å². The second-order valence-corrected chi connectivity index (χ2v) is 5.11. The number of rotatable bonds is 4. The van der Waals surface area contributed by atoms with Crippen LogP contribution in [-0.2, 0) is 11.3 Å². The molecule has 1 unspecified atom stereocenters. The van der Waals surface area contributed by atoms with Crippen LogP contribution in [0.2, 0.25) is 0 Å². The fraction of sp³-hybridized carbons (Fsp3) is 0.571. The van der Waals surface area contributed by atoms with Crippen molar-refractivity contribution in [1.29, 1.82) is 0 Å². The first kappa shape index (κ1) is 13.0. The number of nitrogens with zero attached hydrogens (tertiary/aromatic N) is 2. The smallest absolute Gasteiger partial charge is 0.303 e. The van der Waals surface area contributed by atoms with Crippen LogP contribution < -0.4 is 0 Å². The molecule has 4 nitrogen and oxygen atoms in total. The Bertz CT molecular complexity index is 420. The lowest BCUT2D eigenvalue weighted by Gasteiger charge is -2.32. The van der Waals surface area contributed by atoms with Crippen LogP contribution in [0.4, 0.5) is 0 Å². The molecule has 4 heteroatoms. The van der Waals surface area contributed by atoms with Crippen LogP contribution in [-0.4, -0.2) is 34.0 Å². The summed E-state index contributed by atoms with van der Waals surface area (Å²) in [6.45, 7) is 4.83. The van der Waals surface area contributed by atoms with Crippen LogP contribution in [0.1, 0.15) is 30.5 Å². The van der Waals surface area contributed by atoms with Crippen molar-refractivity contribution in [2.75, 3.05) is 13.1 Å².